The summed E-state index contributed by atoms with van der Waals surface area (Å²) >= 11 is 0. The van der Waals surface area contributed by atoms with Gasteiger partial charge < -0.3 is 15.3 Å². The Morgan fingerprint density at radius 1 is 1.25 bits per heavy atom. The van der Waals surface area contributed by atoms with Gasteiger partial charge in [-0.15, -0.1) is 0 Å². The van der Waals surface area contributed by atoms with Crippen LogP contribution in [0.25, 0.3) is 0 Å². The van der Waals surface area contributed by atoms with Crippen LogP contribution in [0.3, 0.4) is 0 Å². The van der Waals surface area contributed by atoms with Gasteiger partial charge in [0.1, 0.15) is 0 Å². The molecule has 1 saturated heterocycles. The monoisotopic (exact) mass is 387 g/mol. The second kappa shape index (κ2) is 9.41. The fraction of sp³-hybridized carbons (Fsp3) is 0.636. The van der Waals surface area contributed by atoms with Gasteiger partial charge in [-0.2, -0.15) is 0 Å². The van der Waals surface area contributed by atoms with Gasteiger partial charge in [0.2, 0.25) is 0 Å². The first kappa shape index (κ1) is 20.6. The molecule has 0 bridgehead atoms. The molecule has 0 aromatic heterocycles. The molecule has 1 heterocycles. The molecule has 3 rings (SSSR count). The number of hydrogen-bond acceptors (Lipinski definition) is 3. The normalized spacial score (nSPS) is 25.1. The molecule has 1 atom stereocenters. The summed E-state index contributed by atoms with van der Waals surface area (Å²) in [7, 11) is 0. The van der Waals surface area contributed by atoms with Crippen LogP contribution in [-0.2, 0) is 4.79 Å². The average molecular weight is 388 g/mol. The van der Waals surface area contributed by atoms with Crippen LogP contribution < -0.4 is 5.32 Å². The summed E-state index contributed by atoms with van der Waals surface area (Å²) in [6, 6.07) is 9.05. The van der Waals surface area contributed by atoms with Crippen molar-refractivity contribution in [2.45, 2.75) is 70.5 Å². The predicted octanol–water partition coefficient (Wildman–Crippen LogP) is 3.56. The molecule has 0 spiro atoms. The Balaban J connectivity index is 1.60. The highest BCUT2D eigenvalue weighted by molar-refractivity contribution is 5.75. The van der Waals surface area contributed by atoms with E-state index in [1.807, 2.05) is 16.7 Å². The van der Waals surface area contributed by atoms with Crippen LogP contribution in [0.1, 0.15) is 62.6 Å². The van der Waals surface area contributed by atoms with Gasteiger partial charge >= 0.3 is 12.0 Å². The maximum atomic E-state index is 13.1. The first-order valence-corrected chi connectivity index (χ1v) is 10.6. The summed E-state index contributed by atoms with van der Waals surface area (Å²) in [5, 5.41) is 12.2. The standard InChI is InChI=1S/C22H33N3O3/c1-3-24(15-21(26)27)19-13-18(14-19)23-22(28)25-11-6-4-5-10-20(25)17-9-7-8-16(2)12-17/h7-9,12,18-20H,3-6,10-11,13-15H2,1-2H3,(H,23,28)(H,26,27). The topological polar surface area (TPSA) is 72.9 Å². The quantitative estimate of drug-likeness (QED) is 0.783. The maximum absolute atomic E-state index is 13.1. The molecule has 6 nitrogen and oxygen atoms in total. The van der Waals surface area contributed by atoms with E-state index in [-0.39, 0.29) is 30.7 Å². The molecule has 2 aliphatic rings. The van der Waals surface area contributed by atoms with E-state index in [9.17, 15) is 9.59 Å². The number of likely N-dealkylation sites (N-methyl/N-ethyl adjacent to an activating group) is 1. The van der Waals surface area contributed by atoms with E-state index in [2.05, 4.69) is 36.5 Å². The van der Waals surface area contributed by atoms with E-state index >= 15 is 0 Å². The molecular weight excluding hydrogens is 354 g/mol. The largest absolute Gasteiger partial charge is 0.480 e. The predicted molar refractivity (Wildman–Crippen MR) is 109 cm³/mol. The first-order valence-electron chi connectivity index (χ1n) is 10.6. The van der Waals surface area contributed by atoms with Crippen molar-refractivity contribution in [1.82, 2.24) is 15.1 Å². The smallest absolute Gasteiger partial charge is 0.318 e. The zero-order valence-corrected chi connectivity index (χ0v) is 17.1. The Hall–Kier alpha value is -2.08. The van der Waals surface area contributed by atoms with E-state index < -0.39 is 5.97 Å². The summed E-state index contributed by atoms with van der Waals surface area (Å²) < 4.78 is 0. The van der Waals surface area contributed by atoms with E-state index in [1.165, 1.54) is 11.1 Å². The van der Waals surface area contributed by atoms with Crippen molar-refractivity contribution in [2.75, 3.05) is 19.6 Å². The van der Waals surface area contributed by atoms with E-state index in [0.29, 0.717) is 0 Å². The van der Waals surface area contributed by atoms with E-state index in [4.69, 9.17) is 5.11 Å². The van der Waals surface area contributed by atoms with Crippen LogP contribution in [0.2, 0.25) is 0 Å². The molecule has 28 heavy (non-hydrogen) atoms. The third-order valence-corrected chi connectivity index (χ3v) is 6.14. The molecular formula is C22H33N3O3. The highest BCUT2D eigenvalue weighted by atomic mass is 16.4. The summed E-state index contributed by atoms with van der Waals surface area (Å²) in [4.78, 5) is 28.0. The second-order valence-corrected chi connectivity index (χ2v) is 8.20. The molecule has 2 fully saturated rings. The molecule has 1 aliphatic carbocycles. The van der Waals surface area contributed by atoms with E-state index in [0.717, 1.165) is 51.6 Å². The SMILES string of the molecule is CCN(CC(=O)O)C1CC(NC(=O)N2CCCCCC2c2cccc(C)c2)C1. The van der Waals surface area contributed by atoms with Crippen molar-refractivity contribution in [1.29, 1.82) is 0 Å². The van der Waals surface area contributed by atoms with Crippen molar-refractivity contribution in [3.63, 3.8) is 0 Å². The highest BCUT2D eigenvalue weighted by Crippen LogP contribution is 2.32. The van der Waals surface area contributed by atoms with Gasteiger partial charge in [0.05, 0.1) is 12.6 Å². The van der Waals surface area contributed by atoms with Crippen LogP contribution in [0, 0.1) is 6.92 Å². The fourth-order valence-corrected chi connectivity index (χ4v) is 4.51. The van der Waals surface area contributed by atoms with Gasteiger partial charge in [0.15, 0.2) is 0 Å². The van der Waals surface area contributed by atoms with Crippen molar-refractivity contribution >= 4 is 12.0 Å². The Kier molecular flexibility index (Phi) is 6.94. The molecule has 1 saturated carbocycles. The fourth-order valence-electron chi connectivity index (χ4n) is 4.51. The molecule has 0 radical (unpaired) electrons. The molecule has 154 valence electrons. The van der Waals surface area contributed by atoms with Crippen molar-refractivity contribution < 1.29 is 14.7 Å². The number of benzene rings is 1. The summed E-state index contributed by atoms with van der Waals surface area (Å²) in [5.74, 6) is -0.792. The number of carboxylic acids is 1. The Morgan fingerprint density at radius 3 is 2.71 bits per heavy atom. The van der Waals surface area contributed by atoms with Crippen LogP contribution in [0.4, 0.5) is 4.79 Å². The van der Waals surface area contributed by atoms with Gasteiger partial charge in [0, 0.05) is 18.6 Å². The Bertz CT molecular complexity index is 687. The average Bonchev–Trinajstić information content (AvgIpc) is 2.88. The van der Waals surface area contributed by atoms with Crippen LogP contribution in [0.15, 0.2) is 24.3 Å². The minimum absolute atomic E-state index is 0.0261. The highest BCUT2D eigenvalue weighted by Gasteiger charge is 2.36. The zero-order valence-electron chi connectivity index (χ0n) is 17.1. The molecule has 2 amide bonds. The van der Waals surface area contributed by atoms with Gasteiger partial charge in [0.25, 0.3) is 0 Å². The lowest BCUT2D eigenvalue weighted by atomic mass is 9.85. The number of rotatable bonds is 6. The van der Waals surface area contributed by atoms with Crippen LogP contribution in [0.5, 0.6) is 0 Å². The summed E-state index contributed by atoms with van der Waals surface area (Å²) in [6.45, 7) is 5.66. The maximum Gasteiger partial charge on any atom is 0.318 e. The lowest BCUT2D eigenvalue weighted by Gasteiger charge is -2.43. The van der Waals surface area contributed by atoms with Crippen molar-refractivity contribution in [3.05, 3.63) is 35.4 Å². The number of urea groups is 1. The number of carbonyl (C=O) groups excluding carboxylic acids is 1. The number of carboxylic acid groups (broad SMARTS) is 1. The van der Waals surface area contributed by atoms with Gasteiger partial charge in [-0.1, -0.05) is 49.6 Å². The molecule has 2 N–H and O–H groups in total. The Labute approximate surface area is 167 Å². The molecule has 1 aromatic carbocycles. The van der Waals surface area contributed by atoms with Gasteiger partial charge in [-0.05, 0) is 44.7 Å². The Morgan fingerprint density at radius 2 is 2.04 bits per heavy atom. The number of amides is 2. The van der Waals surface area contributed by atoms with Gasteiger partial charge in [-0.25, -0.2) is 4.79 Å². The number of aliphatic carboxylic acids is 1. The number of nitrogens with one attached hydrogen (secondary N) is 1. The summed E-state index contributed by atoms with van der Waals surface area (Å²) in [5.41, 5.74) is 2.45. The van der Waals surface area contributed by atoms with Crippen molar-refractivity contribution in [3.8, 4) is 0 Å². The number of likely N-dealkylation sites (tertiary alicyclic amines) is 1. The molecule has 1 unspecified atom stereocenters. The second-order valence-electron chi connectivity index (χ2n) is 8.20. The molecule has 1 aromatic rings. The number of nitrogens with zero attached hydrogens (tertiary/aromatic N) is 2. The summed E-state index contributed by atoms with van der Waals surface area (Å²) in [6.07, 6.45) is 6.02. The van der Waals surface area contributed by atoms with Crippen molar-refractivity contribution in [2.24, 2.45) is 0 Å². The molecule has 1 aliphatic heterocycles. The number of carbonyl (C=O) groups is 2. The van der Waals surface area contributed by atoms with Crippen LogP contribution >= 0.6 is 0 Å². The van der Waals surface area contributed by atoms with Crippen LogP contribution in [-0.4, -0.2) is 58.6 Å². The molecule has 6 heteroatoms. The van der Waals surface area contributed by atoms with Gasteiger partial charge in [-0.3, -0.25) is 9.69 Å². The third kappa shape index (κ3) is 5.04. The zero-order chi connectivity index (χ0) is 20.1. The minimum atomic E-state index is -0.792. The number of hydrogen-bond donors (Lipinski definition) is 2. The lowest BCUT2D eigenvalue weighted by Crippen LogP contribution is -2.57. The first-order chi connectivity index (χ1) is 13.5. The third-order valence-electron chi connectivity index (χ3n) is 6.14. The lowest BCUT2D eigenvalue weighted by molar-refractivity contribution is -0.139. The van der Waals surface area contributed by atoms with E-state index in [1.54, 1.807) is 0 Å². The number of aryl methyl sites for hydroxylation is 1. The minimum Gasteiger partial charge on any atom is -0.480 e.